The summed E-state index contributed by atoms with van der Waals surface area (Å²) >= 11 is 0. The molecule has 0 heterocycles. The highest BCUT2D eigenvalue weighted by Crippen LogP contribution is 2.39. The largest absolute Gasteiger partial charge is 0.466 e. The maximum absolute atomic E-state index is 13.7. The molecule has 0 spiro atoms. The number of halogens is 6. The monoisotopic (exact) mass is 459 g/mol. The van der Waals surface area contributed by atoms with Crippen LogP contribution in [0.25, 0.3) is 0 Å². The van der Waals surface area contributed by atoms with E-state index in [0.29, 0.717) is 4.90 Å². The van der Waals surface area contributed by atoms with E-state index in [9.17, 15) is 44.3 Å². The van der Waals surface area contributed by atoms with Crippen LogP contribution in [0.15, 0.2) is 12.4 Å². The maximum atomic E-state index is 13.7. The fourth-order valence-corrected chi connectivity index (χ4v) is 2.30. The van der Waals surface area contributed by atoms with Crippen molar-refractivity contribution < 1.29 is 58.4 Å². The topological polar surface area (TPSA) is 110 Å². The number of amides is 1. The van der Waals surface area contributed by atoms with Crippen molar-refractivity contribution in [1.29, 1.82) is 0 Å². The standard InChI is InChI=1S/C14H19F6NO7S/c1-5-21(8(2)3)11(23)13(14(18,19)20,28-10(22)9(4)15)27-7-6-12(16,17)29(24,25)26/h8H,4-7H2,1-3H3,(H,24,25,26). The summed E-state index contributed by atoms with van der Waals surface area (Å²) in [6.45, 7) is 3.97. The van der Waals surface area contributed by atoms with Gasteiger partial charge in [-0.1, -0.05) is 6.58 Å². The van der Waals surface area contributed by atoms with Gasteiger partial charge in [-0.05, 0) is 20.8 Å². The minimum absolute atomic E-state index is 0.382. The number of carbonyl (C=O) groups is 2. The molecule has 0 fully saturated rings. The van der Waals surface area contributed by atoms with Gasteiger partial charge in [0.2, 0.25) is 5.83 Å². The van der Waals surface area contributed by atoms with E-state index >= 15 is 0 Å². The van der Waals surface area contributed by atoms with Gasteiger partial charge in [-0.3, -0.25) is 9.35 Å². The molecule has 0 aromatic carbocycles. The number of nitrogens with zero attached hydrogens (tertiary/aromatic N) is 1. The first kappa shape index (κ1) is 27.1. The predicted molar refractivity (Wildman–Crippen MR) is 84.7 cm³/mol. The number of carbonyl (C=O) groups excluding carboxylic acids is 2. The molecule has 0 radical (unpaired) electrons. The van der Waals surface area contributed by atoms with Gasteiger partial charge in [0, 0.05) is 12.6 Å². The lowest BCUT2D eigenvalue weighted by Crippen LogP contribution is -2.63. The first-order valence-electron chi connectivity index (χ1n) is 7.78. The van der Waals surface area contributed by atoms with Gasteiger partial charge in [-0.15, -0.1) is 0 Å². The first-order chi connectivity index (χ1) is 12.8. The maximum Gasteiger partial charge on any atom is 0.466 e. The first-order valence-corrected chi connectivity index (χ1v) is 9.22. The predicted octanol–water partition coefficient (Wildman–Crippen LogP) is 2.42. The van der Waals surface area contributed by atoms with Gasteiger partial charge in [-0.2, -0.15) is 34.8 Å². The Kier molecular flexibility index (Phi) is 8.70. The van der Waals surface area contributed by atoms with Crippen LogP contribution >= 0.6 is 0 Å². The Bertz CT molecular complexity index is 737. The van der Waals surface area contributed by atoms with Gasteiger partial charge in [0.15, 0.2) is 0 Å². The third-order valence-electron chi connectivity index (χ3n) is 3.41. The molecule has 15 heteroatoms. The van der Waals surface area contributed by atoms with E-state index in [1.165, 1.54) is 20.8 Å². The van der Waals surface area contributed by atoms with Crippen molar-refractivity contribution in [3.63, 3.8) is 0 Å². The summed E-state index contributed by atoms with van der Waals surface area (Å²) < 4.78 is 118. The minimum atomic E-state index is -6.02. The second-order valence-electron chi connectivity index (χ2n) is 5.80. The smallest absolute Gasteiger partial charge is 0.410 e. The summed E-state index contributed by atoms with van der Waals surface area (Å²) in [5.74, 6) is -11.1. The second kappa shape index (κ2) is 9.30. The number of rotatable bonds is 10. The van der Waals surface area contributed by atoms with Crippen LogP contribution in [0, 0.1) is 0 Å². The van der Waals surface area contributed by atoms with Crippen molar-refractivity contribution in [2.24, 2.45) is 0 Å². The summed E-state index contributed by atoms with van der Waals surface area (Å²) in [6, 6.07) is -0.927. The molecule has 29 heavy (non-hydrogen) atoms. The van der Waals surface area contributed by atoms with E-state index in [1.807, 2.05) is 0 Å². The molecule has 1 N–H and O–H groups in total. The number of ether oxygens (including phenoxy) is 2. The molecule has 0 saturated carbocycles. The minimum Gasteiger partial charge on any atom is -0.410 e. The van der Waals surface area contributed by atoms with Crippen molar-refractivity contribution in [3.05, 3.63) is 12.4 Å². The third kappa shape index (κ3) is 6.30. The molecule has 0 bridgehead atoms. The molecular weight excluding hydrogens is 440 g/mol. The highest BCUT2D eigenvalue weighted by atomic mass is 32.2. The third-order valence-corrected chi connectivity index (χ3v) is 4.37. The molecule has 0 aromatic heterocycles. The number of alkyl halides is 5. The van der Waals surface area contributed by atoms with Crippen molar-refractivity contribution in [2.75, 3.05) is 13.2 Å². The van der Waals surface area contributed by atoms with Gasteiger partial charge in [0.05, 0.1) is 13.0 Å². The van der Waals surface area contributed by atoms with Crippen LogP contribution in [-0.4, -0.2) is 66.2 Å². The summed E-state index contributed by atoms with van der Waals surface area (Å²) in [6.07, 6.45) is -7.94. The van der Waals surface area contributed by atoms with Gasteiger partial charge < -0.3 is 14.4 Å². The van der Waals surface area contributed by atoms with Crippen LogP contribution in [0.1, 0.15) is 27.2 Å². The molecule has 0 aromatic rings. The van der Waals surface area contributed by atoms with Crippen LogP contribution in [0.4, 0.5) is 26.3 Å². The van der Waals surface area contributed by atoms with E-state index in [-0.39, 0.29) is 6.54 Å². The fourth-order valence-electron chi connectivity index (χ4n) is 1.96. The number of hydrogen-bond donors (Lipinski definition) is 1. The molecule has 1 amide bonds. The molecule has 1 atom stereocenters. The lowest BCUT2D eigenvalue weighted by Gasteiger charge is -2.38. The Labute approximate surface area is 162 Å². The van der Waals surface area contributed by atoms with Crippen molar-refractivity contribution in [2.45, 2.75) is 50.5 Å². The molecule has 0 aliphatic heterocycles. The van der Waals surface area contributed by atoms with Gasteiger partial charge in [0.1, 0.15) is 0 Å². The van der Waals surface area contributed by atoms with Crippen LogP contribution in [0.3, 0.4) is 0 Å². The van der Waals surface area contributed by atoms with Gasteiger partial charge in [0.25, 0.3) is 0 Å². The van der Waals surface area contributed by atoms with Crippen molar-refractivity contribution >= 4 is 22.0 Å². The Morgan fingerprint density at radius 3 is 1.97 bits per heavy atom. The second-order valence-corrected chi connectivity index (χ2v) is 7.35. The summed E-state index contributed by atoms with van der Waals surface area (Å²) in [7, 11) is -6.02. The Balaban J connectivity index is 6.22. The van der Waals surface area contributed by atoms with Gasteiger partial charge in [-0.25, -0.2) is 4.79 Å². The number of hydrogen-bond acceptors (Lipinski definition) is 6. The molecule has 0 aliphatic rings. The average molecular weight is 459 g/mol. The lowest BCUT2D eigenvalue weighted by atomic mass is 10.1. The molecular formula is C14H19F6NO7S. The SMILES string of the molecule is C=C(F)C(=O)OC(OCCC(F)(F)S(=O)(=O)O)(C(=O)N(CC)C(C)C)C(F)(F)F. The zero-order chi connectivity index (χ0) is 23.4. The van der Waals surface area contributed by atoms with Gasteiger partial charge >= 0.3 is 39.2 Å². The van der Waals surface area contributed by atoms with Crippen LogP contribution in [-0.2, 0) is 29.2 Å². The highest BCUT2D eigenvalue weighted by molar-refractivity contribution is 7.86. The molecule has 0 rings (SSSR count). The quantitative estimate of drug-likeness (QED) is 0.176. The molecule has 1 unspecified atom stereocenters. The van der Waals surface area contributed by atoms with Crippen LogP contribution < -0.4 is 0 Å². The summed E-state index contributed by atoms with van der Waals surface area (Å²) in [4.78, 5) is 24.4. The van der Waals surface area contributed by atoms with E-state index in [0.717, 1.165) is 0 Å². The van der Waals surface area contributed by atoms with Crippen LogP contribution in [0.2, 0.25) is 0 Å². The van der Waals surface area contributed by atoms with Crippen molar-refractivity contribution in [3.8, 4) is 0 Å². The highest BCUT2D eigenvalue weighted by Gasteiger charge is 2.68. The molecule has 0 aliphatic carbocycles. The number of likely N-dealkylation sites (N-methyl/N-ethyl adjacent to an activating group) is 1. The molecule has 8 nitrogen and oxygen atoms in total. The Hall–Kier alpha value is -1.87. The Morgan fingerprint density at radius 2 is 1.66 bits per heavy atom. The average Bonchev–Trinajstić information content (AvgIpc) is 2.51. The molecule has 170 valence electrons. The Morgan fingerprint density at radius 1 is 1.17 bits per heavy atom. The number of esters is 1. The van der Waals surface area contributed by atoms with Crippen LogP contribution in [0.5, 0.6) is 0 Å². The van der Waals surface area contributed by atoms with E-state index in [2.05, 4.69) is 16.1 Å². The lowest BCUT2D eigenvalue weighted by molar-refractivity contribution is -0.352. The van der Waals surface area contributed by atoms with E-state index in [4.69, 9.17) is 4.55 Å². The fraction of sp³-hybridized carbons (Fsp3) is 0.714. The summed E-state index contributed by atoms with van der Waals surface area (Å²) in [5.41, 5.74) is 0. The van der Waals surface area contributed by atoms with E-state index in [1.54, 1.807) is 0 Å². The zero-order valence-electron chi connectivity index (χ0n) is 15.4. The molecule has 0 saturated heterocycles. The summed E-state index contributed by atoms with van der Waals surface area (Å²) in [5, 5.41) is -4.94. The normalized spacial score (nSPS) is 15.0. The van der Waals surface area contributed by atoms with Crippen molar-refractivity contribution in [1.82, 2.24) is 4.90 Å². The zero-order valence-corrected chi connectivity index (χ0v) is 16.2. The van der Waals surface area contributed by atoms with E-state index < -0.39 is 64.1 Å².